The van der Waals surface area contributed by atoms with Crippen molar-refractivity contribution < 1.29 is 4.84 Å². The lowest BCUT2D eigenvalue weighted by molar-refractivity contribution is 0.0964. The first kappa shape index (κ1) is 10.7. The number of thiophene rings is 1. The van der Waals surface area contributed by atoms with Crippen LogP contribution < -0.4 is 5.90 Å². The van der Waals surface area contributed by atoms with Crippen molar-refractivity contribution in [3.8, 4) is 0 Å². The highest BCUT2D eigenvalue weighted by atomic mass is 32.1. The smallest absolute Gasteiger partial charge is 0.0770 e. The Morgan fingerprint density at radius 2 is 2.08 bits per heavy atom. The molecule has 2 nitrogen and oxygen atoms in total. The summed E-state index contributed by atoms with van der Waals surface area (Å²) in [7, 11) is 0. The average Bonchev–Trinajstić information content (AvgIpc) is 2.30. The van der Waals surface area contributed by atoms with E-state index in [0.717, 1.165) is 0 Å². The third-order valence-corrected chi connectivity index (χ3v) is 3.18. The number of hydrogen-bond donors (Lipinski definition) is 1. The fraction of sp³-hybridized carbons (Fsp3) is 0.600. The summed E-state index contributed by atoms with van der Waals surface area (Å²) < 4.78 is 0. The van der Waals surface area contributed by atoms with Gasteiger partial charge in [0.15, 0.2) is 0 Å². The molecule has 0 fully saturated rings. The molecule has 0 unspecified atom stereocenters. The maximum atomic E-state index is 5.11. The molecule has 0 bridgehead atoms. The Bertz CT molecular complexity index is 291. The SMILES string of the molecule is Cc1cc(C(C)(C)CON)c(C)s1. The summed E-state index contributed by atoms with van der Waals surface area (Å²) in [6.07, 6.45) is 0. The molecule has 0 saturated carbocycles. The Balaban J connectivity index is 2.98. The third-order valence-electron chi connectivity index (χ3n) is 2.21. The van der Waals surface area contributed by atoms with Gasteiger partial charge in [0.2, 0.25) is 0 Å². The molecular weight excluding hydrogens is 182 g/mol. The number of aryl methyl sites for hydroxylation is 2. The zero-order valence-corrected chi connectivity index (χ0v) is 9.49. The van der Waals surface area contributed by atoms with Gasteiger partial charge in [-0.3, -0.25) is 0 Å². The van der Waals surface area contributed by atoms with Crippen molar-refractivity contribution in [2.24, 2.45) is 5.90 Å². The van der Waals surface area contributed by atoms with Crippen LogP contribution in [-0.4, -0.2) is 6.61 Å². The van der Waals surface area contributed by atoms with Crippen LogP contribution in [0.2, 0.25) is 0 Å². The minimum Gasteiger partial charge on any atom is -0.304 e. The van der Waals surface area contributed by atoms with Crippen LogP contribution in [0.4, 0.5) is 0 Å². The summed E-state index contributed by atoms with van der Waals surface area (Å²) in [5.74, 6) is 5.11. The van der Waals surface area contributed by atoms with Gasteiger partial charge in [0, 0.05) is 15.2 Å². The Morgan fingerprint density at radius 1 is 1.46 bits per heavy atom. The fourth-order valence-electron chi connectivity index (χ4n) is 1.59. The van der Waals surface area contributed by atoms with Crippen molar-refractivity contribution in [3.05, 3.63) is 21.4 Å². The Kier molecular flexibility index (Phi) is 3.11. The standard InChI is InChI=1S/C10H17NOS/c1-7-5-9(8(2)13-7)10(3,4)6-12-11/h5H,6,11H2,1-4H3. The highest BCUT2D eigenvalue weighted by molar-refractivity contribution is 7.12. The maximum absolute atomic E-state index is 5.11. The molecule has 1 heterocycles. The normalized spacial score (nSPS) is 12.1. The van der Waals surface area contributed by atoms with Crippen LogP contribution in [0.15, 0.2) is 6.07 Å². The van der Waals surface area contributed by atoms with Crippen LogP contribution in [0.5, 0.6) is 0 Å². The molecule has 0 spiro atoms. The monoisotopic (exact) mass is 199 g/mol. The molecule has 74 valence electrons. The molecule has 1 aromatic rings. The topological polar surface area (TPSA) is 35.2 Å². The van der Waals surface area contributed by atoms with Crippen LogP contribution in [0.25, 0.3) is 0 Å². The summed E-state index contributed by atoms with van der Waals surface area (Å²) >= 11 is 1.83. The molecule has 13 heavy (non-hydrogen) atoms. The van der Waals surface area contributed by atoms with E-state index in [1.165, 1.54) is 15.3 Å². The van der Waals surface area contributed by atoms with E-state index in [2.05, 4.69) is 33.8 Å². The van der Waals surface area contributed by atoms with Crippen LogP contribution in [0.3, 0.4) is 0 Å². The first-order valence-electron chi connectivity index (χ1n) is 4.36. The summed E-state index contributed by atoms with van der Waals surface area (Å²) in [4.78, 5) is 7.44. The summed E-state index contributed by atoms with van der Waals surface area (Å²) in [6.45, 7) is 9.12. The lowest BCUT2D eigenvalue weighted by Gasteiger charge is -2.23. The number of nitrogens with two attached hydrogens (primary N) is 1. The molecular formula is C10H17NOS. The second kappa shape index (κ2) is 3.78. The van der Waals surface area contributed by atoms with Gasteiger partial charge in [-0.1, -0.05) is 13.8 Å². The molecule has 0 aliphatic rings. The molecule has 0 atom stereocenters. The summed E-state index contributed by atoms with van der Waals surface area (Å²) in [6, 6.07) is 2.22. The highest BCUT2D eigenvalue weighted by Gasteiger charge is 2.24. The molecule has 1 aromatic heterocycles. The Labute approximate surface area is 83.7 Å². The van der Waals surface area contributed by atoms with Gasteiger partial charge in [-0.25, -0.2) is 5.90 Å². The molecule has 0 saturated heterocycles. The molecule has 0 radical (unpaired) electrons. The zero-order chi connectivity index (χ0) is 10.1. The van der Waals surface area contributed by atoms with Crippen molar-refractivity contribution in [1.29, 1.82) is 0 Å². The van der Waals surface area contributed by atoms with Crippen LogP contribution >= 0.6 is 11.3 Å². The molecule has 1 rings (SSSR count). The van der Waals surface area contributed by atoms with E-state index in [4.69, 9.17) is 10.7 Å². The van der Waals surface area contributed by atoms with Crippen LogP contribution in [-0.2, 0) is 10.3 Å². The lowest BCUT2D eigenvalue weighted by Crippen LogP contribution is -2.26. The highest BCUT2D eigenvalue weighted by Crippen LogP contribution is 2.31. The predicted molar refractivity (Wildman–Crippen MR) is 57.0 cm³/mol. The molecule has 2 N–H and O–H groups in total. The van der Waals surface area contributed by atoms with E-state index in [1.54, 1.807) is 0 Å². The van der Waals surface area contributed by atoms with Crippen molar-refractivity contribution in [3.63, 3.8) is 0 Å². The van der Waals surface area contributed by atoms with Gasteiger partial charge in [0.1, 0.15) is 0 Å². The first-order valence-corrected chi connectivity index (χ1v) is 5.18. The van der Waals surface area contributed by atoms with E-state index in [-0.39, 0.29) is 5.41 Å². The largest absolute Gasteiger partial charge is 0.304 e. The lowest BCUT2D eigenvalue weighted by atomic mass is 9.86. The minimum atomic E-state index is 0.0175. The van der Waals surface area contributed by atoms with Gasteiger partial charge in [-0.05, 0) is 25.5 Å². The van der Waals surface area contributed by atoms with E-state index in [0.29, 0.717) is 6.61 Å². The quantitative estimate of drug-likeness (QED) is 0.759. The molecule has 0 amide bonds. The molecule has 0 aliphatic carbocycles. The van der Waals surface area contributed by atoms with Gasteiger partial charge in [-0.15, -0.1) is 11.3 Å². The van der Waals surface area contributed by atoms with Crippen LogP contribution in [0.1, 0.15) is 29.2 Å². The van der Waals surface area contributed by atoms with Crippen molar-refractivity contribution in [2.75, 3.05) is 6.61 Å². The summed E-state index contributed by atoms with van der Waals surface area (Å²) in [5.41, 5.74) is 1.37. The zero-order valence-electron chi connectivity index (χ0n) is 8.68. The average molecular weight is 199 g/mol. The fourth-order valence-corrected chi connectivity index (χ4v) is 2.69. The number of hydrogen-bond acceptors (Lipinski definition) is 3. The van der Waals surface area contributed by atoms with E-state index >= 15 is 0 Å². The second-order valence-corrected chi connectivity index (χ2v) is 5.48. The summed E-state index contributed by atoms with van der Waals surface area (Å²) in [5, 5.41) is 0. The first-order chi connectivity index (χ1) is 5.97. The maximum Gasteiger partial charge on any atom is 0.0770 e. The number of rotatable bonds is 3. The van der Waals surface area contributed by atoms with Crippen molar-refractivity contribution in [1.82, 2.24) is 0 Å². The van der Waals surface area contributed by atoms with Crippen molar-refractivity contribution in [2.45, 2.75) is 33.1 Å². The van der Waals surface area contributed by atoms with Crippen LogP contribution in [0, 0.1) is 13.8 Å². The van der Waals surface area contributed by atoms with Gasteiger partial charge >= 0.3 is 0 Å². The molecule has 0 aliphatic heterocycles. The van der Waals surface area contributed by atoms with E-state index in [9.17, 15) is 0 Å². The van der Waals surface area contributed by atoms with Crippen molar-refractivity contribution >= 4 is 11.3 Å². The van der Waals surface area contributed by atoms with Gasteiger partial charge < -0.3 is 4.84 Å². The third kappa shape index (κ3) is 2.30. The predicted octanol–water partition coefficient (Wildman–Crippen LogP) is 2.53. The second-order valence-electron chi connectivity index (χ2n) is 4.02. The molecule has 3 heteroatoms. The molecule has 0 aromatic carbocycles. The van der Waals surface area contributed by atoms with E-state index in [1.807, 2.05) is 11.3 Å². The van der Waals surface area contributed by atoms with E-state index < -0.39 is 0 Å². The van der Waals surface area contributed by atoms with Gasteiger partial charge in [0.25, 0.3) is 0 Å². The van der Waals surface area contributed by atoms with Gasteiger partial charge in [-0.2, -0.15) is 0 Å². The minimum absolute atomic E-state index is 0.0175. The van der Waals surface area contributed by atoms with Gasteiger partial charge in [0.05, 0.1) is 6.61 Å². The Hall–Kier alpha value is -0.380. The Morgan fingerprint density at radius 3 is 2.46 bits per heavy atom.